The Morgan fingerprint density at radius 3 is 2.33 bits per heavy atom. The van der Waals surface area contributed by atoms with Crippen LogP contribution in [0.3, 0.4) is 0 Å². The molecule has 1 aromatic heterocycles. The Morgan fingerprint density at radius 2 is 1.71 bits per heavy atom. The summed E-state index contributed by atoms with van der Waals surface area (Å²) in [5, 5.41) is 8.34. The average molecular weight is 315 g/mol. The fraction of sp³-hybridized carbons (Fsp3) is 0.238. The van der Waals surface area contributed by atoms with Crippen LogP contribution in [0.1, 0.15) is 30.9 Å². The van der Waals surface area contributed by atoms with Crippen LogP contribution in [-0.2, 0) is 6.54 Å². The van der Waals surface area contributed by atoms with Gasteiger partial charge in [0.2, 0.25) is 0 Å². The molecule has 120 valence electrons. The minimum atomic E-state index is 0.234. The van der Waals surface area contributed by atoms with Crippen molar-refractivity contribution < 1.29 is 0 Å². The van der Waals surface area contributed by atoms with Crippen LogP contribution in [0.5, 0.6) is 0 Å². The molecule has 3 nitrogen and oxygen atoms in total. The van der Waals surface area contributed by atoms with Gasteiger partial charge in [-0.25, -0.2) is 4.68 Å². The second kappa shape index (κ2) is 5.45. The van der Waals surface area contributed by atoms with E-state index >= 15 is 0 Å². The smallest absolute Gasteiger partial charge is 0.0889 e. The van der Waals surface area contributed by atoms with Crippen molar-refractivity contribution in [2.75, 3.05) is 0 Å². The molecular weight excluding hydrogens is 294 g/mol. The molecule has 0 spiro atoms. The molecule has 1 saturated carbocycles. The Balaban J connectivity index is 1.59. The summed E-state index contributed by atoms with van der Waals surface area (Å²) in [6.45, 7) is 9.43. The molecular formula is C21H21N3. The third kappa shape index (κ3) is 2.46. The quantitative estimate of drug-likeness (QED) is 0.655. The van der Waals surface area contributed by atoms with E-state index in [9.17, 15) is 0 Å². The van der Waals surface area contributed by atoms with Gasteiger partial charge in [0.05, 0.1) is 18.4 Å². The van der Waals surface area contributed by atoms with Crippen molar-refractivity contribution in [3.8, 4) is 11.3 Å². The molecule has 3 aromatic rings. The van der Waals surface area contributed by atoms with E-state index in [4.69, 9.17) is 0 Å². The van der Waals surface area contributed by atoms with E-state index in [0.717, 1.165) is 17.8 Å². The molecule has 0 N–H and O–H groups in total. The van der Waals surface area contributed by atoms with E-state index in [1.807, 2.05) is 29.1 Å². The van der Waals surface area contributed by atoms with E-state index in [2.05, 4.69) is 67.1 Å². The summed E-state index contributed by atoms with van der Waals surface area (Å²) in [7, 11) is 0. The predicted molar refractivity (Wildman–Crippen MR) is 96.7 cm³/mol. The maximum absolute atomic E-state index is 4.25. The number of allylic oxidation sites excluding steroid dienone is 1. The number of nitrogens with zero attached hydrogens (tertiary/aromatic N) is 3. The zero-order chi connectivity index (χ0) is 16.7. The Bertz CT molecular complexity index is 873. The van der Waals surface area contributed by atoms with Crippen molar-refractivity contribution >= 4 is 0 Å². The maximum Gasteiger partial charge on any atom is 0.0889 e. The van der Waals surface area contributed by atoms with E-state index in [1.54, 1.807) is 0 Å². The van der Waals surface area contributed by atoms with Gasteiger partial charge in [-0.3, -0.25) is 0 Å². The van der Waals surface area contributed by atoms with Crippen LogP contribution in [0.2, 0.25) is 0 Å². The van der Waals surface area contributed by atoms with Crippen molar-refractivity contribution in [3.63, 3.8) is 0 Å². The fourth-order valence-electron chi connectivity index (χ4n) is 3.46. The number of benzene rings is 2. The van der Waals surface area contributed by atoms with Crippen LogP contribution in [0, 0.1) is 5.41 Å². The molecule has 0 radical (unpaired) electrons. The van der Waals surface area contributed by atoms with Gasteiger partial charge < -0.3 is 0 Å². The standard InChI is InChI=1S/C21H21N3/c1-15-20(21(15,2)3)18-11-9-17(10-12-18)19-13-22-23-24(19)14-16-7-5-4-6-8-16/h4-13,20H,1,14H2,2-3H3. The van der Waals surface area contributed by atoms with Crippen LogP contribution in [0.4, 0.5) is 0 Å². The molecule has 1 aliphatic carbocycles. The SMILES string of the molecule is C=C1C(c2ccc(-c3cnnn3Cc3ccccc3)cc2)C1(C)C. The number of hydrogen-bond acceptors (Lipinski definition) is 2. The van der Waals surface area contributed by atoms with Crippen LogP contribution in [0.15, 0.2) is 72.9 Å². The highest BCUT2D eigenvalue weighted by atomic mass is 15.4. The summed E-state index contributed by atoms with van der Waals surface area (Å²) < 4.78 is 1.95. The van der Waals surface area contributed by atoms with Gasteiger partial charge in [-0.15, -0.1) is 5.10 Å². The lowest BCUT2D eigenvalue weighted by Crippen LogP contribution is -2.04. The lowest BCUT2D eigenvalue weighted by molar-refractivity contribution is 0.642. The summed E-state index contributed by atoms with van der Waals surface area (Å²) in [6.07, 6.45) is 1.83. The molecule has 0 aliphatic heterocycles. The molecule has 0 amide bonds. The lowest BCUT2D eigenvalue weighted by Gasteiger charge is -2.08. The average Bonchev–Trinajstić information content (AvgIpc) is 2.91. The molecule has 1 atom stereocenters. The van der Waals surface area contributed by atoms with Gasteiger partial charge in [-0.05, 0) is 16.5 Å². The highest BCUT2D eigenvalue weighted by Gasteiger charge is 2.51. The van der Waals surface area contributed by atoms with Gasteiger partial charge in [0.1, 0.15) is 0 Å². The van der Waals surface area contributed by atoms with Crippen LogP contribution >= 0.6 is 0 Å². The number of hydrogen-bond donors (Lipinski definition) is 0. The summed E-state index contributed by atoms with van der Waals surface area (Å²) in [5.41, 5.74) is 6.31. The number of rotatable bonds is 4. The van der Waals surface area contributed by atoms with E-state index < -0.39 is 0 Å². The minimum Gasteiger partial charge on any atom is -0.240 e. The monoisotopic (exact) mass is 315 g/mol. The van der Waals surface area contributed by atoms with Crippen molar-refractivity contribution in [1.29, 1.82) is 0 Å². The second-order valence-electron chi connectivity index (χ2n) is 7.06. The lowest BCUT2D eigenvalue weighted by atomic mass is 10.0. The zero-order valence-electron chi connectivity index (χ0n) is 14.1. The van der Waals surface area contributed by atoms with Gasteiger partial charge >= 0.3 is 0 Å². The number of aromatic nitrogens is 3. The third-order valence-corrected chi connectivity index (χ3v) is 5.15. The van der Waals surface area contributed by atoms with Gasteiger partial charge in [-0.1, -0.05) is 85.8 Å². The van der Waals surface area contributed by atoms with Gasteiger partial charge in [0.25, 0.3) is 0 Å². The van der Waals surface area contributed by atoms with Crippen molar-refractivity contribution in [2.24, 2.45) is 5.41 Å². The molecule has 0 saturated heterocycles. The predicted octanol–water partition coefficient (Wildman–Crippen LogP) is 4.67. The first-order valence-electron chi connectivity index (χ1n) is 8.29. The Hall–Kier alpha value is -2.68. The maximum atomic E-state index is 4.25. The molecule has 1 aliphatic rings. The zero-order valence-corrected chi connectivity index (χ0v) is 14.1. The van der Waals surface area contributed by atoms with Gasteiger partial charge in [-0.2, -0.15) is 0 Å². The van der Waals surface area contributed by atoms with Crippen molar-refractivity contribution in [1.82, 2.24) is 15.0 Å². The second-order valence-corrected chi connectivity index (χ2v) is 7.06. The molecule has 3 heteroatoms. The first-order valence-corrected chi connectivity index (χ1v) is 8.29. The van der Waals surface area contributed by atoms with Crippen molar-refractivity contribution in [3.05, 3.63) is 84.1 Å². The van der Waals surface area contributed by atoms with Crippen molar-refractivity contribution in [2.45, 2.75) is 26.3 Å². The highest BCUT2D eigenvalue weighted by Crippen LogP contribution is 2.63. The molecule has 1 heterocycles. The largest absolute Gasteiger partial charge is 0.240 e. The van der Waals surface area contributed by atoms with E-state index in [0.29, 0.717) is 5.92 Å². The Labute approximate surface area is 142 Å². The first kappa shape index (κ1) is 14.9. The fourth-order valence-corrected chi connectivity index (χ4v) is 3.46. The topological polar surface area (TPSA) is 30.7 Å². The third-order valence-electron chi connectivity index (χ3n) is 5.15. The highest BCUT2D eigenvalue weighted by molar-refractivity contribution is 5.60. The van der Waals surface area contributed by atoms with Gasteiger partial charge in [0, 0.05) is 11.5 Å². The molecule has 1 fully saturated rings. The van der Waals surface area contributed by atoms with Crippen LogP contribution in [0.25, 0.3) is 11.3 Å². The molecule has 2 aromatic carbocycles. The van der Waals surface area contributed by atoms with Crippen LogP contribution < -0.4 is 0 Å². The summed E-state index contributed by atoms with van der Waals surface area (Å²) >= 11 is 0. The van der Waals surface area contributed by atoms with E-state index in [-0.39, 0.29) is 5.41 Å². The Morgan fingerprint density at radius 1 is 1.04 bits per heavy atom. The summed E-state index contributed by atoms with van der Waals surface area (Å²) in [5.74, 6) is 0.485. The molecule has 4 rings (SSSR count). The van der Waals surface area contributed by atoms with E-state index in [1.165, 1.54) is 16.7 Å². The minimum absolute atomic E-state index is 0.234. The molecule has 0 bridgehead atoms. The Kier molecular flexibility index (Phi) is 3.38. The van der Waals surface area contributed by atoms with Gasteiger partial charge in [0.15, 0.2) is 0 Å². The molecule has 24 heavy (non-hydrogen) atoms. The normalized spacial score (nSPS) is 18.6. The van der Waals surface area contributed by atoms with Crippen LogP contribution in [-0.4, -0.2) is 15.0 Å². The first-order chi connectivity index (χ1) is 11.6. The summed E-state index contributed by atoms with van der Waals surface area (Å²) in [4.78, 5) is 0. The summed E-state index contributed by atoms with van der Waals surface area (Å²) in [6, 6.07) is 19.1. The molecule has 1 unspecified atom stereocenters.